The molecular formula is C20H18F6N4O2. The first-order valence-corrected chi connectivity index (χ1v) is 9.65. The number of nitrogens with zero attached hydrogens (tertiary/aromatic N) is 4. The van der Waals surface area contributed by atoms with Gasteiger partial charge in [-0.05, 0) is 25.8 Å². The zero-order chi connectivity index (χ0) is 23.4. The van der Waals surface area contributed by atoms with Gasteiger partial charge in [-0.15, -0.1) is 0 Å². The van der Waals surface area contributed by atoms with Gasteiger partial charge in [0.15, 0.2) is 29.0 Å². The summed E-state index contributed by atoms with van der Waals surface area (Å²) in [4.78, 5) is 5.93. The van der Waals surface area contributed by atoms with Gasteiger partial charge < -0.3 is 14.7 Å². The lowest BCUT2D eigenvalue weighted by Gasteiger charge is -2.32. The van der Waals surface area contributed by atoms with Crippen molar-refractivity contribution in [2.24, 2.45) is 0 Å². The number of phenols is 1. The van der Waals surface area contributed by atoms with Crippen LogP contribution in [0.1, 0.15) is 24.1 Å². The standard InChI is InChI=1S/C20H18F6N4O2/c1-9-17-14(8-12(21)19(27-17)29(2)10-3-5-32-6-4-10)30(28-9)13-7-11(20(24,25)26)15(22)18(31)16(13)23/h7-8,10,31H,3-6H2,1-2H3. The number of ether oxygens (including phenoxy) is 1. The van der Waals surface area contributed by atoms with Gasteiger partial charge in [0.05, 0.1) is 16.8 Å². The molecule has 0 saturated carbocycles. The molecular weight excluding hydrogens is 442 g/mol. The van der Waals surface area contributed by atoms with Crippen LogP contribution < -0.4 is 4.90 Å². The summed E-state index contributed by atoms with van der Waals surface area (Å²) in [6, 6.07) is 1.12. The smallest absolute Gasteiger partial charge is 0.419 e. The molecule has 0 amide bonds. The van der Waals surface area contributed by atoms with Gasteiger partial charge in [-0.1, -0.05) is 0 Å². The maximum atomic E-state index is 15.0. The fraction of sp³-hybridized carbons (Fsp3) is 0.400. The highest BCUT2D eigenvalue weighted by atomic mass is 19.4. The number of pyridine rings is 1. The van der Waals surface area contributed by atoms with Crippen LogP contribution in [0.2, 0.25) is 0 Å². The molecule has 1 aromatic carbocycles. The monoisotopic (exact) mass is 460 g/mol. The van der Waals surface area contributed by atoms with E-state index in [2.05, 4.69) is 10.1 Å². The summed E-state index contributed by atoms with van der Waals surface area (Å²) < 4.78 is 88.8. The SMILES string of the molecule is Cc1nn(-c2cc(C(F)(F)F)c(F)c(O)c2F)c2cc(F)c(N(C)C3CCOCC3)nc12. The molecule has 12 heteroatoms. The van der Waals surface area contributed by atoms with Crippen molar-refractivity contribution >= 4 is 16.9 Å². The lowest BCUT2D eigenvalue weighted by Crippen LogP contribution is -2.37. The molecule has 4 rings (SSSR count). The fourth-order valence-electron chi connectivity index (χ4n) is 3.79. The van der Waals surface area contributed by atoms with E-state index in [-0.39, 0.29) is 34.7 Å². The summed E-state index contributed by atoms with van der Waals surface area (Å²) in [6.45, 7) is 2.50. The van der Waals surface area contributed by atoms with Crippen molar-refractivity contribution in [3.8, 4) is 11.4 Å². The zero-order valence-electron chi connectivity index (χ0n) is 17.0. The summed E-state index contributed by atoms with van der Waals surface area (Å²) in [7, 11) is 1.67. The average Bonchev–Trinajstić information content (AvgIpc) is 3.06. The lowest BCUT2D eigenvalue weighted by molar-refractivity contribution is -0.140. The number of hydrogen-bond donors (Lipinski definition) is 1. The van der Waals surface area contributed by atoms with E-state index in [4.69, 9.17) is 4.74 Å². The van der Waals surface area contributed by atoms with Gasteiger partial charge in [-0.25, -0.2) is 22.8 Å². The van der Waals surface area contributed by atoms with Gasteiger partial charge in [0.25, 0.3) is 0 Å². The molecule has 0 unspecified atom stereocenters. The predicted octanol–water partition coefficient (Wildman–Crippen LogP) is 4.49. The Bertz CT molecular complexity index is 1190. The molecule has 1 saturated heterocycles. The summed E-state index contributed by atoms with van der Waals surface area (Å²) in [5, 5.41) is 13.6. The molecule has 0 spiro atoms. The first kappa shape index (κ1) is 22.2. The van der Waals surface area contributed by atoms with Gasteiger partial charge in [-0.2, -0.15) is 18.3 Å². The largest absolute Gasteiger partial charge is 0.503 e. The van der Waals surface area contributed by atoms with Gasteiger partial charge in [0, 0.05) is 32.4 Å². The molecule has 172 valence electrons. The van der Waals surface area contributed by atoms with Crippen molar-refractivity contribution in [3.63, 3.8) is 0 Å². The molecule has 1 N–H and O–H groups in total. The van der Waals surface area contributed by atoms with E-state index in [9.17, 15) is 31.4 Å². The zero-order valence-corrected chi connectivity index (χ0v) is 17.0. The second kappa shape index (κ2) is 7.84. The molecule has 0 aliphatic carbocycles. The first-order chi connectivity index (χ1) is 15.0. The van der Waals surface area contributed by atoms with Crippen LogP contribution >= 0.6 is 0 Å². The maximum absolute atomic E-state index is 15.0. The third kappa shape index (κ3) is 3.61. The quantitative estimate of drug-likeness (QED) is 0.584. The molecule has 0 atom stereocenters. The molecule has 3 aromatic rings. The molecule has 1 fully saturated rings. The number of alkyl halides is 3. The summed E-state index contributed by atoms with van der Waals surface area (Å²) in [6.07, 6.45) is -3.88. The average molecular weight is 460 g/mol. The number of rotatable bonds is 3. The lowest BCUT2D eigenvalue weighted by atomic mass is 10.1. The number of fused-ring (bicyclic) bond motifs is 1. The van der Waals surface area contributed by atoms with E-state index in [0.717, 1.165) is 6.07 Å². The van der Waals surface area contributed by atoms with Gasteiger partial charge in [-0.3, -0.25) is 0 Å². The first-order valence-electron chi connectivity index (χ1n) is 9.65. The molecule has 3 heterocycles. The Morgan fingerprint density at radius 3 is 2.41 bits per heavy atom. The molecule has 6 nitrogen and oxygen atoms in total. The van der Waals surface area contributed by atoms with Crippen molar-refractivity contribution in [1.82, 2.24) is 14.8 Å². The van der Waals surface area contributed by atoms with Crippen molar-refractivity contribution in [3.05, 3.63) is 40.8 Å². The third-order valence-corrected chi connectivity index (χ3v) is 5.52. The number of benzene rings is 1. The normalized spacial score (nSPS) is 15.5. The van der Waals surface area contributed by atoms with Gasteiger partial charge in [0.1, 0.15) is 11.2 Å². The van der Waals surface area contributed by atoms with Crippen LogP contribution in [0.3, 0.4) is 0 Å². The fourth-order valence-corrected chi connectivity index (χ4v) is 3.79. The Morgan fingerprint density at radius 2 is 1.78 bits per heavy atom. The number of aromatic hydroxyl groups is 1. The predicted molar refractivity (Wildman–Crippen MR) is 102 cm³/mol. The minimum atomic E-state index is -5.20. The molecule has 2 aromatic heterocycles. The van der Waals surface area contributed by atoms with E-state index in [1.54, 1.807) is 11.9 Å². The molecule has 1 aliphatic heterocycles. The van der Waals surface area contributed by atoms with Gasteiger partial charge in [0.2, 0.25) is 0 Å². The molecule has 0 radical (unpaired) electrons. The molecule has 0 bridgehead atoms. The third-order valence-electron chi connectivity index (χ3n) is 5.52. The topological polar surface area (TPSA) is 63.4 Å². The minimum absolute atomic E-state index is 0.00505. The van der Waals surface area contributed by atoms with Crippen LogP contribution in [0.25, 0.3) is 16.7 Å². The van der Waals surface area contributed by atoms with Crippen LogP contribution in [0.4, 0.5) is 32.2 Å². The molecule has 32 heavy (non-hydrogen) atoms. The number of hydrogen-bond acceptors (Lipinski definition) is 5. The van der Waals surface area contributed by atoms with E-state index in [1.807, 2.05) is 0 Å². The Hall–Kier alpha value is -3.02. The second-order valence-electron chi connectivity index (χ2n) is 7.53. The molecule has 1 aliphatic rings. The van der Waals surface area contributed by atoms with E-state index >= 15 is 0 Å². The Kier molecular flexibility index (Phi) is 5.43. The highest BCUT2D eigenvalue weighted by Gasteiger charge is 2.38. The summed E-state index contributed by atoms with van der Waals surface area (Å²) in [5.74, 6) is -6.40. The van der Waals surface area contributed by atoms with Crippen molar-refractivity contribution in [2.45, 2.75) is 32.0 Å². The Labute approximate surface area is 178 Å². The minimum Gasteiger partial charge on any atom is -0.503 e. The Morgan fingerprint density at radius 1 is 1.12 bits per heavy atom. The van der Waals surface area contributed by atoms with Crippen molar-refractivity contribution in [1.29, 1.82) is 0 Å². The number of aryl methyl sites for hydroxylation is 1. The van der Waals surface area contributed by atoms with Crippen LogP contribution in [-0.4, -0.2) is 46.2 Å². The van der Waals surface area contributed by atoms with E-state index < -0.39 is 40.6 Å². The highest BCUT2D eigenvalue weighted by Crippen LogP contribution is 2.39. The Balaban J connectivity index is 1.88. The number of aromatic nitrogens is 3. The van der Waals surface area contributed by atoms with Crippen LogP contribution in [-0.2, 0) is 10.9 Å². The number of anilines is 1. The van der Waals surface area contributed by atoms with Gasteiger partial charge >= 0.3 is 6.18 Å². The number of phenolic OH excluding ortho intramolecular Hbond substituents is 1. The summed E-state index contributed by atoms with van der Waals surface area (Å²) >= 11 is 0. The maximum Gasteiger partial charge on any atom is 0.419 e. The summed E-state index contributed by atoms with van der Waals surface area (Å²) in [5.41, 5.74) is -2.60. The van der Waals surface area contributed by atoms with Crippen LogP contribution in [0, 0.1) is 24.4 Å². The van der Waals surface area contributed by atoms with Crippen molar-refractivity contribution < 1.29 is 36.2 Å². The highest BCUT2D eigenvalue weighted by molar-refractivity contribution is 5.81. The number of halogens is 6. The van der Waals surface area contributed by atoms with E-state index in [0.29, 0.717) is 30.7 Å². The van der Waals surface area contributed by atoms with Crippen LogP contribution in [0.15, 0.2) is 12.1 Å². The van der Waals surface area contributed by atoms with Crippen molar-refractivity contribution in [2.75, 3.05) is 25.2 Å². The van der Waals surface area contributed by atoms with E-state index in [1.165, 1.54) is 6.92 Å². The van der Waals surface area contributed by atoms with Crippen LogP contribution in [0.5, 0.6) is 5.75 Å². The second-order valence-corrected chi connectivity index (χ2v) is 7.53.